The number of rotatable bonds is 0. The molecule has 0 aliphatic rings. The molecule has 1 N–H and O–H groups in total. The molecular weight excluding hydrogens is 162 g/mol. The molecule has 2 aromatic rings. The van der Waals surface area contributed by atoms with Crippen LogP contribution in [-0.2, 0) is 0 Å². The molecule has 2 aromatic heterocycles. The first-order valence-corrected chi connectivity index (χ1v) is 3.45. The van der Waals surface area contributed by atoms with Gasteiger partial charge in [-0.1, -0.05) is 0 Å². The van der Waals surface area contributed by atoms with Crippen molar-refractivity contribution >= 4 is 17.9 Å². The minimum Gasteiger partial charge on any atom is -0.255 e. The van der Waals surface area contributed by atoms with Gasteiger partial charge in [-0.3, -0.25) is 9.50 Å². The summed E-state index contributed by atoms with van der Waals surface area (Å²) in [6, 6.07) is 0. The minimum atomic E-state index is 0.510. The number of nitrogens with zero attached hydrogens (tertiary/aromatic N) is 4. The van der Waals surface area contributed by atoms with Crippen LogP contribution < -0.4 is 0 Å². The summed E-state index contributed by atoms with van der Waals surface area (Å²) in [5.74, 6) is 0. The third kappa shape index (κ3) is 0.829. The van der Waals surface area contributed by atoms with Crippen LogP contribution in [-0.4, -0.2) is 24.8 Å². The van der Waals surface area contributed by atoms with Gasteiger partial charge < -0.3 is 0 Å². The van der Waals surface area contributed by atoms with E-state index in [0.29, 0.717) is 10.4 Å². The lowest BCUT2D eigenvalue weighted by molar-refractivity contribution is 0.890. The second-order valence-electron chi connectivity index (χ2n) is 2.14. The number of aromatic amines is 1. The Bertz CT molecular complexity index is 441. The molecule has 2 heterocycles. The van der Waals surface area contributed by atoms with E-state index in [4.69, 9.17) is 12.2 Å². The average Bonchev–Trinajstić information content (AvgIpc) is 2.45. The summed E-state index contributed by atoms with van der Waals surface area (Å²) in [7, 11) is 0. The second-order valence-corrected chi connectivity index (χ2v) is 2.53. The fraction of sp³-hybridized carbons (Fsp3) is 0.200. The summed E-state index contributed by atoms with van der Waals surface area (Å²) >= 11 is 4.93. The van der Waals surface area contributed by atoms with E-state index in [9.17, 15) is 0 Å². The van der Waals surface area contributed by atoms with Crippen LogP contribution in [0.3, 0.4) is 0 Å². The van der Waals surface area contributed by atoms with Crippen LogP contribution in [0.25, 0.3) is 5.65 Å². The van der Waals surface area contributed by atoms with Crippen molar-refractivity contribution in [1.82, 2.24) is 24.8 Å². The lowest BCUT2D eigenvalue weighted by atomic mass is 10.5. The third-order valence-electron chi connectivity index (χ3n) is 1.41. The number of hydrogen-bond acceptors (Lipinski definition) is 4. The van der Waals surface area contributed by atoms with Crippen molar-refractivity contribution in [3.05, 3.63) is 16.8 Å². The average molecular weight is 167 g/mol. The monoisotopic (exact) mass is 167 g/mol. The molecular formula is C5H5N5S. The maximum Gasteiger partial charge on any atom is 0.200 e. The van der Waals surface area contributed by atoms with E-state index in [1.165, 1.54) is 0 Å². The number of fused-ring (bicyclic) bond motifs is 1. The summed E-state index contributed by atoms with van der Waals surface area (Å²) in [4.78, 5) is 0. The van der Waals surface area contributed by atoms with Crippen LogP contribution in [0.2, 0.25) is 0 Å². The Morgan fingerprint density at radius 1 is 1.64 bits per heavy atom. The Balaban J connectivity index is 3.08. The van der Waals surface area contributed by atoms with Crippen LogP contribution in [0.1, 0.15) is 5.69 Å². The number of aromatic nitrogens is 5. The highest BCUT2D eigenvalue weighted by Gasteiger charge is 1.99. The smallest absolute Gasteiger partial charge is 0.200 e. The van der Waals surface area contributed by atoms with Crippen molar-refractivity contribution in [1.29, 1.82) is 0 Å². The molecule has 0 aliphatic carbocycles. The van der Waals surface area contributed by atoms with Gasteiger partial charge in [-0.2, -0.15) is 5.10 Å². The first-order chi connectivity index (χ1) is 5.29. The maximum atomic E-state index is 4.93. The van der Waals surface area contributed by atoms with Gasteiger partial charge >= 0.3 is 0 Å². The van der Waals surface area contributed by atoms with E-state index >= 15 is 0 Å². The van der Waals surface area contributed by atoms with Crippen LogP contribution in [0, 0.1) is 11.7 Å². The molecule has 0 fully saturated rings. The molecule has 0 spiro atoms. The Labute approximate surface area is 67.1 Å². The predicted octanol–water partition coefficient (Wildman–Crippen LogP) is 0.490. The van der Waals surface area contributed by atoms with Gasteiger partial charge in [0.1, 0.15) is 12.0 Å². The highest BCUT2D eigenvalue weighted by Crippen LogP contribution is 2.00. The Hall–Kier alpha value is -1.30. The standard InChI is InChI=1S/C5H5N5S/c1-3-4-8-6-2-10(4)5(11)9-7-3/h2H,1H3,(H,9,11). The van der Waals surface area contributed by atoms with Gasteiger partial charge in [0.15, 0.2) is 5.65 Å². The van der Waals surface area contributed by atoms with Gasteiger partial charge in [-0.25, -0.2) is 0 Å². The van der Waals surface area contributed by atoms with E-state index in [-0.39, 0.29) is 0 Å². The molecule has 6 heteroatoms. The lowest BCUT2D eigenvalue weighted by Gasteiger charge is -1.93. The van der Waals surface area contributed by atoms with Crippen molar-refractivity contribution in [3.8, 4) is 0 Å². The van der Waals surface area contributed by atoms with Crippen LogP contribution in [0.5, 0.6) is 0 Å². The fourth-order valence-electron chi connectivity index (χ4n) is 0.866. The van der Waals surface area contributed by atoms with Crippen molar-refractivity contribution in [2.75, 3.05) is 0 Å². The molecule has 2 rings (SSSR count). The number of hydrogen-bond donors (Lipinski definition) is 1. The zero-order valence-electron chi connectivity index (χ0n) is 5.77. The molecule has 0 saturated heterocycles. The lowest BCUT2D eigenvalue weighted by Crippen LogP contribution is -1.96. The Kier molecular flexibility index (Phi) is 1.22. The Morgan fingerprint density at radius 2 is 2.45 bits per heavy atom. The quantitative estimate of drug-likeness (QED) is 0.580. The van der Waals surface area contributed by atoms with Gasteiger partial charge in [0.25, 0.3) is 0 Å². The summed E-state index contributed by atoms with van der Waals surface area (Å²) in [5.41, 5.74) is 1.49. The van der Waals surface area contributed by atoms with Crippen molar-refractivity contribution < 1.29 is 0 Å². The van der Waals surface area contributed by atoms with Gasteiger partial charge in [-0.15, -0.1) is 10.2 Å². The topological polar surface area (TPSA) is 58.9 Å². The molecule has 11 heavy (non-hydrogen) atoms. The van der Waals surface area contributed by atoms with Gasteiger partial charge in [-0.05, 0) is 19.1 Å². The van der Waals surface area contributed by atoms with Gasteiger partial charge in [0, 0.05) is 0 Å². The maximum absolute atomic E-state index is 4.93. The largest absolute Gasteiger partial charge is 0.255 e. The van der Waals surface area contributed by atoms with Crippen LogP contribution in [0.4, 0.5) is 0 Å². The van der Waals surface area contributed by atoms with E-state index < -0.39 is 0 Å². The number of aryl methyl sites for hydroxylation is 1. The van der Waals surface area contributed by atoms with E-state index in [1.807, 2.05) is 6.92 Å². The van der Waals surface area contributed by atoms with Crippen molar-refractivity contribution in [3.63, 3.8) is 0 Å². The van der Waals surface area contributed by atoms with E-state index in [1.54, 1.807) is 10.7 Å². The highest BCUT2D eigenvalue weighted by molar-refractivity contribution is 7.71. The molecule has 5 nitrogen and oxygen atoms in total. The van der Waals surface area contributed by atoms with Crippen LogP contribution >= 0.6 is 12.2 Å². The van der Waals surface area contributed by atoms with E-state index in [2.05, 4.69) is 20.4 Å². The first-order valence-electron chi connectivity index (χ1n) is 3.04. The Morgan fingerprint density at radius 3 is 3.18 bits per heavy atom. The SMILES string of the molecule is Cc1n[nH]c(=S)n2cnnc12. The fourth-order valence-corrected chi connectivity index (χ4v) is 1.05. The predicted molar refractivity (Wildman–Crippen MR) is 40.7 cm³/mol. The molecule has 0 saturated carbocycles. The molecule has 56 valence electrons. The zero-order valence-corrected chi connectivity index (χ0v) is 6.59. The van der Waals surface area contributed by atoms with Crippen LogP contribution in [0.15, 0.2) is 6.33 Å². The molecule has 0 radical (unpaired) electrons. The minimum absolute atomic E-state index is 0.510. The molecule has 0 amide bonds. The van der Waals surface area contributed by atoms with Gasteiger partial charge in [0.05, 0.1) is 0 Å². The summed E-state index contributed by atoms with van der Waals surface area (Å²) in [6.45, 7) is 1.84. The second kappa shape index (κ2) is 2.09. The zero-order chi connectivity index (χ0) is 7.84. The first kappa shape index (κ1) is 6.41. The normalized spacial score (nSPS) is 10.6. The molecule has 0 unspecified atom stereocenters. The molecule has 0 atom stereocenters. The molecule has 0 aliphatic heterocycles. The number of H-pyrrole nitrogens is 1. The number of nitrogens with one attached hydrogen (secondary N) is 1. The molecule has 0 bridgehead atoms. The summed E-state index contributed by atoms with van der Waals surface area (Å²) < 4.78 is 2.19. The summed E-state index contributed by atoms with van der Waals surface area (Å²) in [6.07, 6.45) is 1.56. The third-order valence-corrected chi connectivity index (χ3v) is 1.70. The van der Waals surface area contributed by atoms with E-state index in [0.717, 1.165) is 5.69 Å². The van der Waals surface area contributed by atoms with Crippen molar-refractivity contribution in [2.45, 2.75) is 6.92 Å². The van der Waals surface area contributed by atoms with Gasteiger partial charge in [0.2, 0.25) is 4.77 Å². The molecule has 0 aromatic carbocycles. The van der Waals surface area contributed by atoms with Crippen molar-refractivity contribution in [2.24, 2.45) is 0 Å². The highest BCUT2D eigenvalue weighted by atomic mass is 32.1. The summed E-state index contributed by atoms with van der Waals surface area (Å²) in [5, 5.41) is 14.2.